The van der Waals surface area contributed by atoms with Crippen molar-refractivity contribution in [3.05, 3.63) is 209 Å². The van der Waals surface area contributed by atoms with E-state index in [9.17, 15) is 54.0 Å². The summed E-state index contributed by atoms with van der Waals surface area (Å²) in [6.07, 6.45) is 8.80. The minimum atomic E-state index is -0.951. The number of phenolic OH excluding ortho intramolecular Hbond substituents is 1. The first-order valence-electron chi connectivity index (χ1n) is 38.1. The molecule has 0 spiro atoms. The summed E-state index contributed by atoms with van der Waals surface area (Å²) < 4.78 is 75.4. The number of aromatic hydroxyl groups is 4. The smallest absolute Gasteiger partial charge is 0.255 e. The van der Waals surface area contributed by atoms with Crippen molar-refractivity contribution in [1.82, 2.24) is 34.6 Å². The van der Waals surface area contributed by atoms with E-state index >= 15 is 0 Å². The number of benzene rings is 5. The number of hydrogen-bond acceptors (Lipinski definition) is 21. The van der Waals surface area contributed by atoms with E-state index in [4.69, 9.17) is 28.4 Å². The highest BCUT2D eigenvalue weighted by Gasteiger charge is 2.46. The van der Waals surface area contributed by atoms with Crippen molar-refractivity contribution in [1.29, 1.82) is 0 Å². The Morgan fingerprint density at radius 3 is 1.05 bits per heavy atom. The number of phenols is 1. The van der Waals surface area contributed by atoms with Gasteiger partial charge in [-0.1, -0.05) is 29.8 Å². The van der Waals surface area contributed by atoms with Gasteiger partial charge in [0.2, 0.25) is 0 Å². The number of methoxy groups -OCH3 is 2. The van der Waals surface area contributed by atoms with Crippen LogP contribution in [-0.2, 0) is 0 Å². The van der Waals surface area contributed by atoms with Crippen molar-refractivity contribution in [2.24, 2.45) is 47.3 Å². The van der Waals surface area contributed by atoms with E-state index in [0.717, 1.165) is 132 Å². The molecule has 21 nitrogen and oxygen atoms in total. The number of fused-ring (bicyclic) bond motifs is 4. The zero-order chi connectivity index (χ0) is 76.4. The Morgan fingerprint density at radius 2 is 0.697 bits per heavy atom. The molecule has 8 aliphatic rings. The summed E-state index contributed by atoms with van der Waals surface area (Å²) in [6.45, 7) is 13.4. The second kappa shape index (κ2) is 35.8. The summed E-state index contributed by atoms with van der Waals surface area (Å²) in [4.78, 5) is 20.9. The average molecular weight is 1500 g/mol. The lowest BCUT2D eigenvalue weighted by molar-refractivity contribution is 0.112. The van der Waals surface area contributed by atoms with Gasteiger partial charge in [-0.3, -0.25) is 29.6 Å². The lowest BCUT2D eigenvalue weighted by Crippen LogP contribution is -2.29. The number of nitrogens with zero attached hydrogens (tertiary/aromatic N) is 7. The molecule has 5 aromatic carbocycles. The zero-order valence-electron chi connectivity index (χ0n) is 62.2. The van der Waals surface area contributed by atoms with Crippen LogP contribution < -0.4 is 28.4 Å². The molecule has 8 N–H and O–H groups in total. The Kier molecular flexibility index (Phi) is 25.7. The van der Waals surface area contributed by atoms with Crippen molar-refractivity contribution in [3.8, 4) is 57.5 Å². The highest BCUT2D eigenvalue weighted by Crippen LogP contribution is 2.45. The first kappa shape index (κ1) is 78.2. The van der Waals surface area contributed by atoms with E-state index in [0.29, 0.717) is 108 Å². The third kappa shape index (κ3) is 20.7. The lowest BCUT2D eigenvalue weighted by Gasteiger charge is -2.22. The molecule has 16 atom stereocenters. The molecular formula is C85H102F3N7O14. The SMILES string of the molecule is COc1ccc(OC2C[C@@H]3CN(CC(O)c4ccc(O)c(F)c4)C[C@@H]3C2)cc1.COc1ccc(OC2C[C@@H]3CN(CC(O)c4ccc(O)c(F)n4)C[C@@H]3C2)cc1.Cc1ccc(OC2C[C@@H]3CN(CC(O)c4ccc(O)cn4)C[C@@H]3C2)cc1.Cc1ccc(OC2C[C@@H]3CN(CC(O)c4ccc(O)cn4)C[C@@H]3C2)cc1F. The Bertz CT molecular complexity index is 4040. The number of hydrogen-bond donors (Lipinski definition) is 8. The van der Waals surface area contributed by atoms with Crippen LogP contribution >= 0.6 is 0 Å². The molecule has 8 aromatic rings. The van der Waals surface area contributed by atoms with Crippen LogP contribution in [0.25, 0.3) is 0 Å². The average Bonchev–Trinajstić information content (AvgIpc) is 1.67. The van der Waals surface area contributed by atoms with Crippen LogP contribution in [0.3, 0.4) is 0 Å². The van der Waals surface area contributed by atoms with Crippen LogP contribution in [0, 0.1) is 78.8 Å². The first-order valence-corrected chi connectivity index (χ1v) is 38.1. The number of halogens is 3. The second-order valence-corrected chi connectivity index (χ2v) is 31.1. The molecule has 4 aliphatic heterocycles. The Labute approximate surface area is 635 Å². The van der Waals surface area contributed by atoms with Gasteiger partial charge in [0.15, 0.2) is 17.3 Å². The third-order valence-corrected chi connectivity index (χ3v) is 23.1. The Morgan fingerprint density at radius 1 is 0.367 bits per heavy atom. The molecule has 8 unspecified atom stereocenters. The Hall–Kier alpha value is -8.98. The van der Waals surface area contributed by atoms with Gasteiger partial charge in [0.05, 0.1) is 74.2 Å². The van der Waals surface area contributed by atoms with Gasteiger partial charge in [0.25, 0.3) is 5.95 Å². The standard InChI is InChI=1S/C22H26FNO4.C21H25FN2O4.C21H25FN2O3.C21H26N2O3/c1-27-17-3-5-18(6-4-17)28-19-8-15-11-24(12-16(15)9-19)13-22(26)14-2-7-21(25)20(23)10-14;1-27-15-2-4-16(5-3-15)28-17-8-13-10-24(11-14(13)9-17)12-20(26)18-6-7-19(25)21(22)23-18;1-13-2-4-17(8-19(13)22)27-18-6-14-10-24(11-15(14)7-18)12-21(26)20-5-3-16(25)9-23-20;1-14-2-5-18(6-3-14)26-19-8-15-11-23(12-16(15)9-19)13-21(25)20-7-4-17(24)10-22-20/h2-7,10,15-16,19,22,25-26H,8-9,11-13H2,1H3;2-7,13-14,17,20,25-26H,8-12H2,1H3;2-5,8-9,14-15,18,21,25-26H,6-7,10-12H2,1H3;2-7,10,15-16,19,21,24-25H,8-9,11-13H2,1H3/t15-,16+,19?,22?;13-,14+,17?,20?;14-,15+,18?,21?;15-,16+,19?,21?. The summed E-state index contributed by atoms with van der Waals surface area (Å²) in [5.41, 5.74) is 3.80. The van der Waals surface area contributed by atoms with Gasteiger partial charge in [0, 0.05) is 84.6 Å². The third-order valence-electron chi connectivity index (χ3n) is 23.1. The predicted molar refractivity (Wildman–Crippen MR) is 402 cm³/mol. The predicted octanol–water partition coefficient (Wildman–Crippen LogP) is 12.1. The first-order chi connectivity index (χ1) is 52.6. The number of likely N-dealkylation sites (tertiary alicyclic amines) is 4. The number of aliphatic hydroxyl groups is 4. The monoisotopic (exact) mass is 1500 g/mol. The van der Waals surface area contributed by atoms with Gasteiger partial charge >= 0.3 is 0 Å². The van der Waals surface area contributed by atoms with E-state index in [-0.39, 0.29) is 41.3 Å². The van der Waals surface area contributed by atoms with Crippen LogP contribution in [0.15, 0.2) is 158 Å². The highest BCUT2D eigenvalue weighted by molar-refractivity contribution is 5.34. The molecule has 3 aromatic heterocycles. The molecule has 4 aliphatic carbocycles. The zero-order valence-corrected chi connectivity index (χ0v) is 62.2. The molecule has 8 fully saturated rings. The van der Waals surface area contributed by atoms with Gasteiger partial charge in [-0.25, -0.2) is 13.8 Å². The van der Waals surface area contributed by atoms with E-state index in [1.165, 1.54) is 48.3 Å². The van der Waals surface area contributed by atoms with E-state index < -0.39 is 47.7 Å². The van der Waals surface area contributed by atoms with E-state index in [1.54, 1.807) is 57.5 Å². The molecule has 0 bridgehead atoms. The molecule has 0 radical (unpaired) electrons. The van der Waals surface area contributed by atoms with E-state index in [2.05, 4.69) is 65.7 Å². The summed E-state index contributed by atoms with van der Waals surface area (Å²) in [5, 5.41) is 78.7. The Balaban J connectivity index is 0.000000128. The number of rotatable bonds is 22. The number of ether oxygens (including phenoxy) is 6. The van der Waals surface area contributed by atoms with E-state index in [1.807, 2.05) is 54.6 Å². The molecular weight excluding hydrogens is 1400 g/mol. The molecule has 0 amide bonds. The molecule has 4 saturated heterocycles. The summed E-state index contributed by atoms with van der Waals surface area (Å²) in [5.74, 6) is 6.96. The maximum atomic E-state index is 13.7. The topological polar surface area (TPSA) is 269 Å². The van der Waals surface area contributed by atoms with Crippen molar-refractivity contribution in [3.63, 3.8) is 0 Å². The highest BCUT2D eigenvalue weighted by atomic mass is 19.1. The second-order valence-electron chi connectivity index (χ2n) is 31.1. The largest absolute Gasteiger partial charge is 0.506 e. The van der Waals surface area contributed by atoms with Gasteiger partial charge in [-0.2, -0.15) is 4.39 Å². The minimum Gasteiger partial charge on any atom is -0.506 e. The van der Waals surface area contributed by atoms with Crippen LogP contribution in [0.4, 0.5) is 13.2 Å². The van der Waals surface area contributed by atoms with Crippen LogP contribution in [0.5, 0.6) is 57.5 Å². The lowest BCUT2D eigenvalue weighted by atomic mass is 10.0. The minimum absolute atomic E-state index is 0.0983. The number of pyridine rings is 3. The van der Waals surface area contributed by atoms with Crippen LogP contribution in [-0.4, -0.2) is 193 Å². The molecule has 4 saturated carbocycles. The fourth-order valence-corrected chi connectivity index (χ4v) is 17.6. The summed E-state index contributed by atoms with van der Waals surface area (Å²) >= 11 is 0. The van der Waals surface area contributed by atoms with Gasteiger partial charge < -0.3 is 69.3 Å². The fraction of sp³-hybridized carbons (Fsp3) is 0.471. The number of β-amino-alcohol motifs (C(OH)–C–C–N with tert-alkyl or cyclic N) is 4. The molecule has 7 heterocycles. The van der Waals surface area contributed by atoms with Crippen molar-refractivity contribution in [2.75, 3.05) is 92.8 Å². The normalized spacial score (nSPS) is 25.9. The number of aryl methyl sites for hydroxylation is 2. The molecule has 582 valence electrons. The van der Waals surface area contributed by atoms with Crippen molar-refractivity contribution < 1.29 is 82.4 Å². The molecule has 109 heavy (non-hydrogen) atoms. The van der Waals surface area contributed by atoms with Crippen LogP contribution in [0.1, 0.15) is 110 Å². The number of aromatic nitrogens is 3. The van der Waals surface area contributed by atoms with Crippen molar-refractivity contribution in [2.45, 2.75) is 114 Å². The fourth-order valence-electron chi connectivity index (χ4n) is 17.6. The molecule has 24 heteroatoms. The summed E-state index contributed by atoms with van der Waals surface area (Å²) in [7, 11) is 3.29. The van der Waals surface area contributed by atoms with Gasteiger partial charge in [0.1, 0.15) is 70.1 Å². The molecule has 16 rings (SSSR count). The maximum absolute atomic E-state index is 13.7. The quantitative estimate of drug-likeness (QED) is 0.0293. The van der Waals surface area contributed by atoms with Gasteiger partial charge in [-0.15, -0.1) is 0 Å². The number of aliphatic hydroxyl groups excluding tert-OH is 4. The maximum Gasteiger partial charge on any atom is 0.255 e. The van der Waals surface area contributed by atoms with Gasteiger partial charge in [-0.05, 0) is 239 Å². The van der Waals surface area contributed by atoms with Crippen molar-refractivity contribution >= 4 is 0 Å². The summed E-state index contributed by atoms with van der Waals surface area (Å²) in [6, 6.07) is 41.9. The van der Waals surface area contributed by atoms with Crippen LogP contribution in [0.2, 0.25) is 0 Å².